The van der Waals surface area contributed by atoms with E-state index >= 15 is 0 Å². The van der Waals surface area contributed by atoms with Gasteiger partial charge in [0, 0.05) is 17.1 Å². The van der Waals surface area contributed by atoms with Crippen molar-refractivity contribution in [3.05, 3.63) is 34.9 Å². The normalized spacial score (nSPS) is 28.7. The van der Waals surface area contributed by atoms with Gasteiger partial charge in [0.2, 0.25) is 0 Å². The largest absolute Gasteiger partial charge is 0.311 e. The lowest BCUT2D eigenvalue weighted by molar-refractivity contribution is 0.228. The van der Waals surface area contributed by atoms with Crippen LogP contribution in [-0.2, 0) is 0 Å². The smallest absolute Gasteiger partial charge is 0.0408 e. The highest BCUT2D eigenvalue weighted by molar-refractivity contribution is 6.30. The first-order valence-corrected chi connectivity index (χ1v) is 9.11. The summed E-state index contributed by atoms with van der Waals surface area (Å²) in [7, 11) is 0. The van der Waals surface area contributed by atoms with E-state index < -0.39 is 0 Å². The van der Waals surface area contributed by atoms with Crippen LogP contribution in [0.5, 0.6) is 0 Å². The SMILES string of the molecule is C[C@H](NC1CC(c2cccc(Cl)c2)C1)C1CCCCCC1. The Balaban J connectivity index is 1.45. The summed E-state index contributed by atoms with van der Waals surface area (Å²) in [6.07, 6.45) is 11.2. The summed E-state index contributed by atoms with van der Waals surface area (Å²) in [5.74, 6) is 1.61. The zero-order valence-corrected chi connectivity index (χ0v) is 13.9. The first kappa shape index (κ1) is 15.4. The minimum Gasteiger partial charge on any atom is -0.311 e. The van der Waals surface area contributed by atoms with Crippen LogP contribution >= 0.6 is 11.6 Å². The molecule has 1 aromatic carbocycles. The first-order valence-electron chi connectivity index (χ1n) is 8.74. The van der Waals surface area contributed by atoms with Gasteiger partial charge in [-0.1, -0.05) is 49.4 Å². The monoisotopic (exact) mass is 305 g/mol. The first-order chi connectivity index (χ1) is 10.2. The van der Waals surface area contributed by atoms with Gasteiger partial charge in [-0.2, -0.15) is 0 Å². The maximum atomic E-state index is 6.09. The van der Waals surface area contributed by atoms with E-state index in [0.29, 0.717) is 18.0 Å². The van der Waals surface area contributed by atoms with Gasteiger partial charge in [-0.15, -0.1) is 0 Å². The standard InChI is InChI=1S/C19H28ClN/c1-14(15-7-4-2-3-5-8-15)21-19-12-17(13-19)16-9-6-10-18(20)11-16/h6,9-11,14-15,17,19,21H,2-5,7-8,12-13H2,1H3/t14-,17?,19?/m0/s1. The Bertz CT molecular complexity index is 445. The molecule has 0 heterocycles. The molecule has 0 saturated heterocycles. The van der Waals surface area contributed by atoms with Crippen LogP contribution < -0.4 is 5.32 Å². The molecule has 0 amide bonds. The molecule has 2 saturated carbocycles. The van der Waals surface area contributed by atoms with Crippen LogP contribution in [0.25, 0.3) is 0 Å². The van der Waals surface area contributed by atoms with E-state index in [1.165, 1.54) is 56.9 Å². The zero-order valence-electron chi connectivity index (χ0n) is 13.2. The minimum atomic E-state index is 0.688. The zero-order chi connectivity index (χ0) is 14.7. The van der Waals surface area contributed by atoms with Crippen LogP contribution in [0, 0.1) is 5.92 Å². The summed E-state index contributed by atoms with van der Waals surface area (Å²) < 4.78 is 0. The van der Waals surface area contributed by atoms with Crippen LogP contribution in [0.3, 0.4) is 0 Å². The van der Waals surface area contributed by atoms with Gasteiger partial charge in [0.15, 0.2) is 0 Å². The summed E-state index contributed by atoms with van der Waals surface area (Å²) in [6.45, 7) is 2.41. The van der Waals surface area contributed by atoms with Gasteiger partial charge in [-0.3, -0.25) is 0 Å². The number of hydrogen-bond acceptors (Lipinski definition) is 1. The van der Waals surface area contributed by atoms with Crippen molar-refractivity contribution in [3.8, 4) is 0 Å². The molecular formula is C19H28ClN. The van der Waals surface area contributed by atoms with Gasteiger partial charge in [0.25, 0.3) is 0 Å². The van der Waals surface area contributed by atoms with Crippen LogP contribution in [0.4, 0.5) is 0 Å². The molecule has 0 spiro atoms. The molecule has 1 atom stereocenters. The van der Waals surface area contributed by atoms with Crippen molar-refractivity contribution in [3.63, 3.8) is 0 Å². The third kappa shape index (κ3) is 4.02. The fourth-order valence-electron chi connectivity index (χ4n) is 4.11. The molecule has 2 heteroatoms. The summed E-state index contributed by atoms with van der Waals surface area (Å²) in [5, 5.41) is 4.77. The molecule has 0 unspecified atom stereocenters. The topological polar surface area (TPSA) is 12.0 Å². The van der Waals surface area contributed by atoms with Gasteiger partial charge < -0.3 is 5.32 Å². The van der Waals surface area contributed by atoms with Gasteiger partial charge in [-0.25, -0.2) is 0 Å². The quantitative estimate of drug-likeness (QED) is 0.721. The molecule has 1 nitrogen and oxygen atoms in total. The number of halogens is 1. The second-order valence-electron chi connectivity index (χ2n) is 7.13. The van der Waals surface area contributed by atoms with E-state index in [0.717, 1.165) is 10.9 Å². The summed E-state index contributed by atoms with van der Waals surface area (Å²) in [6, 6.07) is 9.80. The fourth-order valence-corrected chi connectivity index (χ4v) is 4.30. The Morgan fingerprint density at radius 2 is 1.81 bits per heavy atom. The van der Waals surface area contributed by atoms with Crippen molar-refractivity contribution >= 4 is 11.6 Å². The van der Waals surface area contributed by atoms with E-state index in [1.54, 1.807) is 0 Å². The highest BCUT2D eigenvalue weighted by Crippen LogP contribution is 2.38. The Kier molecular flexibility index (Phi) is 5.24. The Labute approximate surface area is 134 Å². The molecule has 0 radical (unpaired) electrons. The van der Waals surface area contributed by atoms with Crippen molar-refractivity contribution in [2.24, 2.45) is 5.92 Å². The number of hydrogen-bond donors (Lipinski definition) is 1. The molecule has 1 aromatic rings. The molecule has 0 aromatic heterocycles. The second kappa shape index (κ2) is 7.15. The number of rotatable bonds is 4. The molecule has 3 rings (SSSR count). The summed E-state index contributed by atoms with van der Waals surface area (Å²) >= 11 is 6.09. The molecule has 21 heavy (non-hydrogen) atoms. The van der Waals surface area contributed by atoms with Crippen molar-refractivity contribution in [1.82, 2.24) is 5.32 Å². The van der Waals surface area contributed by atoms with E-state index in [1.807, 2.05) is 6.07 Å². The van der Waals surface area contributed by atoms with Crippen molar-refractivity contribution in [2.45, 2.75) is 76.3 Å². The highest BCUT2D eigenvalue weighted by atomic mass is 35.5. The van der Waals surface area contributed by atoms with Crippen LogP contribution in [0.1, 0.15) is 69.8 Å². The van der Waals surface area contributed by atoms with Crippen molar-refractivity contribution in [2.75, 3.05) is 0 Å². The third-order valence-corrected chi connectivity index (χ3v) is 5.80. The second-order valence-corrected chi connectivity index (χ2v) is 7.56. The van der Waals surface area contributed by atoms with E-state index in [4.69, 9.17) is 11.6 Å². The number of benzene rings is 1. The molecule has 2 aliphatic rings. The molecular weight excluding hydrogens is 278 g/mol. The van der Waals surface area contributed by atoms with Gasteiger partial charge in [0.05, 0.1) is 0 Å². The van der Waals surface area contributed by atoms with Crippen molar-refractivity contribution in [1.29, 1.82) is 0 Å². The Morgan fingerprint density at radius 1 is 1.10 bits per heavy atom. The van der Waals surface area contributed by atoms with Gasteiger partial charge in [-0.05, 0) is 62.1 Å². The Hall–Kier alpha value is -0.530. The lowest BCUT2D eigenvalue weighted by Gasteiger charge is -2.40. The van der Waals surface area contributed by atoms with Crippen LogP contribution in [0.2, 0.25) is 5.02 Å². The molecule has 0 aliphatic heterocycles. The van der Waals surface area contributed by atoms with E-state index in [2.05, 4.69) is 30.4 Å². The Morgan fingerprint density at radius 3 is 2.48 bits per heavy atom. The predicted octanol–water partition coefficient (Wildman–Crippen LogP) is 5.53. The predicted molar refractivity (Wildman–Crippen MR) is 91.0 cm³/mol. The third-order valence-electron chi connectivity index (χ3n) is 5.56. The van der Waals surface area contributed by atoms with Crippen LogP contribution in [-0.4, -0.2) is 12.1 Å². The highest BCUT2D eigenvalue weighted by Gasteiger charge is 2.32. The lowest BCUT2D eigenvalue weighted by Crippen LogP contribution is -2.47. The maximum absolute atomic E-state index is 6.09. The average Bonchev–Trinajstić information content (AvgIpc) is 2.71. The average molecular weight is 306 g/mol. The van der Waals surface area contributed by atoms with E-state index in [-0.39, 0.29) is 0 Å². The molecule has 2 aliphatic carbocycles. The van der Waals surface area contributed by atoms with Crippen LogP contribution in [0.15, 0.2) is 24.3 Å². The molecule has 116 valence electrons. The van der Waals surface area contributed by atoms with Crippen molar-refractivity contribution < 1.29 is 0 Å². The van der Waals surface area contributed by atoms with E-state index in [9.17, 15) is 0 Å². The lowest BCUT2D eigenvalue weighted by atomic mass is 9.75. The van der Waals surface area contributed by atoms with Gasteiger partial charge >= 0.3 is 0 Å². The number of nitrogens with one attached hydrogen (secondary N) is 1. The molecule has 0 bridgehead atoms. The summed E-state index contributed by atoms with van der Waals surface area (Å²) in [5.41, 5.74) is 1.42. The minimum absolute atomic E-state index is 0.688. The fraction of sp³-hybridized carbons (Fsp3) is 0.684. The van der Waals surface area contributed by atoms with Gasteiger partial charge in [0.1, 0.15) is 0 Å². The maximum Gasteiger partial charge on any atom is 0.0408 e. The molecule has 1 N–H and O–H groups in total. The summed E-state index contributed by atoms with van der Waals surface area (Å²) in [4.78, 5) is 0. The molecule has 2 fully saturated rings.